The molecule has 2 aromatic heterocycles. The van der Waals surface area contributed by atoms with Gasteiger partial charge in [0.25, 0.3) is 0 Å². The van der Waals surface area contributed by atoms with Crippen LogP contribution in [0.15, 0.2) is 60.9 Å². The number of fused-ring (bicyclic) bond motifs is 1. The molecule has 3 heterocycles. The van der Waals surface area contributed by atoms with Crippen molar-refractivity contribution in [3.05, 3.63) is 60.9 Å². The summed E-state index contributed by atoms with van der Waals surface area (Å²) in [5.41, 5.74) is 2.03. The molecule has 39 heavy (non-hydrogen) atoms. The van der Waals surface area contributed by atoms with Gasteiger partial charge in [-0.1, -0.05) is 18.2 Å². The van der Waals surface area contributed by atoms with E-state index in [2.05, 4.69) is 15.3 Å². The highest BCUT2D eigenvalue weighted by Gasteiger charge is 2.29. The quantitative estimate of drug-likeness (QED) is 0.263. The number of halogens is 2. The van der Waals surface area contributed by atoms with Crippen molar-refractivity contribution in [3.63, 3.8) is 0 Å². The van der Waals surface area contributed by atoms with Gasteiger partial charge in [0, 0.05) is 43.3 Å². The molecule has 0 saturated carbocycles. The summed E-state index contributed by atoms with van der Waals surface area (Å²) in [6, 6.07) is 17.0. The van der Waals surface area contributed by atoms with Crippen LogP contribution in [0, 0.1) is 0 Å². The van der Waals surface area contributed by atoms with Gasteiger partial charge in [-0.05, 0) is 49.2 Å². The van der Waals surface area contributed by atoms with Crippen LogP contribution in [0.2, 0.25) is 0 Å². The number of rotatable bonds is 9. The average molecular weight is 567 g/mol. The first-order chi connectivity index (χ1) is 19.1. The number of carbonyl (C=O) groups is 2. The summed E-state index contributed by atoms with van der Waals surface area (Å²) in [7, 11) is 0. The minimum atomic E-state index is -0.245. The molecular weight excluding hydrogens is 539 g/mol. The van der Waals surface area contributed by atoms with Gasteiger partial charge in [-0.3, -0.25) is 9.59 Å². The van der Waals surface area contributed by atoms with Crippen LogP contribution in [0.3, 0.4) is 0 Å². The van der Waals surface area contributed by atoms with Crippen molar-refractivity contribution in [2.24, 2.45) is 0 Å². The van der Waals surface area contributed by atoms with Crippen molar-refractivity contribution in [2.75, 3.05) is 30.2 Å². The Morgan fingerprint density at radius 1 is 0.974 bits per heavy atom. The fourth-order valence-electron chi connectivity index (χ4n) is 4.73. The van der Waals surface area contributed by atoms with E-state index in [9.17, 15) is 9.59 Å². The Bertz CT molecular complexity index is 1450. The van der Waals surface area contributed by atoms with Crippen molar-refractivity contribution >= 4 is 51.9 Å². The molecule has 0 aliphatic carbocycles. The van der Waals surface area contributed by atoms with Crippen LogP contribution in [0.5, 0.6) is 11.5 Å². The number of aromatic nitrogens is 4. The van der Waals surface area contributed by atoms with Crippen molar-refractivity contribution in [2.45, 2.75) is 31.7 Å². The Morgan fingerprint density at radius 2 is 1.72 bits per heavy atom. The zero-order valence-electron chi connectivity index (χ0n) is 21.2. The number of benzene rings is 2. The van der Waals surface area contributed by atoms with E-state index >= 15 is 0 Å². The predicted molar refractivity (Wildman–Crippen MR) is 151 cm³/mol. The van der Waals surface area contributed by atoms with Gasteiger partial charge >= 0.3 is 0 Å². The molecule has 1 saturated heterocycles. The molecule has 9 nitrogen and oxygen atoms in total. The number of ether oxygens (including phenoxy) is 1. The van der Waals surface area contributed by atoms with E-state index in [1.54, 1.807) is 0 Å². The molecule has 1 fully saturated rings. The van der Waals surface area contributed by atoms with Gasteiger partial charge < -0.3 is 15.0 Å². The molecule has 2 aromatic carbocycles. The van der Waals surface area contributed by atoms with Gasteiger partial charge in [0.2, 0.25) is 11.8 Å². The van der Waals surface area contributed by atoms with Crippen molar-refractivity contribution < 1.29 is 14.3 Å². The Hall–Kier alpha value is -3.69. The number of hydrogen-bond donors (Lipinski definition) is 1. The van der Waals surface area contributed by atoms with E-state index < -0.39 is 0 Å². The second kappa shape index (κ2) is 12.4. The highest BCUT2D eigenvalue weighted by atomic mass is 35.5. The maximum Gasteiger partial charge on any atom is 0.226 e. The van der Waals surface area contributed by atoms with Crippen molar-refractivity contribution in [1.29, 1.82) is 0 Å². The molecule has 0 spiro atoms. The van der Waals surface area contributed by atoms with E-state index in [1.165, 1.54) is 6.33 Å². The Balaban J connectivity index is 1.53. The van der Waals surface area contributed by atoms with Crippen molar-refractivity contribution in [1.82, 2.24) is 24.6 Å². The van der Waals surface area contributed by atoms with Crippen LogP contribution < -0.4 is 10.1 Å². The van der Waals surface area contributed by atoms with Gasteiger partial charge in [0.1, 0.15) is 29.3 Å². The number of piperidine rings is 1. The lowest BCUT2D eigenvalue weighted by molar-refractivity contribution is -0.132. The maximum absolute atomic E-state index is 12.6. The largest absolute Gasteiger partial charge is 0.457 e. The summed E-state index contributed by atoms with van der Waals surface area (Å²) in [6.45, 7) is 1.20. The minimum Gasteiger partial charge on any atom is -0.457 e. The summed E-state index contributed by atoms with van der Waals surface area (Å²) < 4.78 is 7.81. The molecule has 1 aliphatic rings. The zero-order valence-corrected chi connectivity index (χ0v) is 22.7. The molecule has 0 unspecified atom stereocenters. The highest BCUT2D eigenvalue weighted by molar-refractivity contribution is 6.19. The lowest BCUT2D eigenvalue weighted by Gasteiger charge is -2.33. The maximum atomic E-state index is 12.6. The number of amides is 2. The lowest BCUT2D eigenvalue weighted by Crippen LogP contribution is -2.41. The van der Waals surface area contributed by atoms with Gasteiger partial charge in [-0.15, -0.1) is 23.2 Å². The van der Waals surface area contributed by atoms with Gasteiger partial charge in [-0.2, -0.15) is 5.10 Å². The van der Waals surface area contributed by atoms with E-state index in [-0.39, 0.29) is 36.0 Å². The number of hydrogen-bond acceptors (Lipinski definition) is 6. The Kier molecular flexibility index (Phi) is 8.58. The second-order valence-electron chi connectivity index (χ2n) is 9.22. The fourth-order valence-corrected chi connectivity index (χ4v) is 5.06. The number of anilines is 1. The first-order valence-electron chi connectivity index (χ1n) is 12.8. The number of nitrogens with zero attached hydrogens (tertiary/aromatic N) is 5. The first kappa shape index (κ1) is 26.9. The molecule has 1 atom stereocenters. The molecule has 11 heteroatoms. The van der Waals surface area contributed by atoms with E-state index in [1.807, 2.05) is 64.2 Å². The van der Waals surface area contributed by atoms with Crippen molar-refractivity contribution in [3.8, 4) is 22.8 Å². The van der Waals surface area contributed by atoms with Crippen LogP contribution in [-0.4, -0.2) is 61.3 Å². The number of nitrogens with one attached hydrogen (secondary N) is 1. The molecule has 4 aromatic rings. The highest BCUT2D eigenvalue weighted by Crippen LogP contribution is 2.36. The van der Waals surface area contributed by atoms with Crippen LogP contribution in [0.25, 0.3) is 22.3 Å². The summed E-state index contributed by atoms with van der Waals surface area (Å²) in [5, 5.41) is 8.48. The number of likely N-dealkylation sites (tertiary alicyclic amines) is 1. The molecule has 0 bridgehead atoms. The monoisotopic (exact) mass is 566 g/mol. The molecule has 2 amide bonds. The van der Waals surface area contributed by atoms with Crippen LogP contribution in [0.4, 0.5) is 5.82 Å². The average Bonchev–Trinajstić information content (AvgIpc) is 3.35. The summed E-state index contributed by atoms with van der Waals surface area (Å²) >= 11 is 11.6. The molecular formula is C28H28Cl2N6O3. The first-order valence-corrected chi connectivity index (χ1v) is 13.9. The summed E-state index contributed by atoms with van der Waals surface area (Å²) in [6.07, 6.45) is 3.54. The minimum absolute atomic E-state index is 0.0315. The molecule has 0 radical (unpaired) electrons. The Morgan fingerprint density at radius 3 is 2.46 bits per heavy atom. The molecule has 1 N–H and O–H groups in total. The summed E-state index contributed by atoms with van der Waals surface area (Å²) in [4.78, 5) is 35.8. The van der Waals surface area contributed by atoms with E-state index in [0.717, 1.165) is 24.2 Å². The van der Waals surface area contributed by atoms with Gasteiger partial charge in [-0.25, -0.2) is 14.6 Å². The predicted octanol–water partition coefficient (Wildman–Crippen LogP) is 5.65. The third-order valence-corrected chi connectivity index (χ3v) is 6.96. The third kappa shape index (κ3) is 6.15. The van der Waals surface area contributed by atoms with E-state index in [4.69, 9.17) is 33.0 Å². The lowest BCUT2D eigenvalue weighted by atomic mass is 10.1. The number of carbonyl (C=O) groups excluding carboxylic acids is 2. The normalized spacial score (nSPS) is 15.3. The van der Waals surface area contributed by atoms with Crippen LogP contribution in [-0.2, 0) is 9.59 Å². The van der Waals surface area contributed by atoms with Crippen LogP contribution in [0.1, 0.15) is 31.7 Å². The smallest absolute Gasteiger partial charge is 0.226 e. The van der Waals surface area contributed by atoms with Gasteiger partial charge in [0.05, 0.1) is 11.4 Å². The zero-order chi connectivity index (χ0) is 27.2. The number of para-hydroxylation sites is 1. The van der Waals surface area contributed by atoms with Gasteiger partial charge in [0.15, 0.2) is 5.65 Å². The molecule has 5 rings (SSSR count). The third-order valence-electron chi connectivity index (χ3n) is 6.58. The summed E-state index contributed by atoms with van der Waals surface area (Å²) in [5.74, 6) is 2.06. The molecule has 1 aliphatic heterocycles. The Labute approximate surface area is 236 Å². The van der Waals surface area contributed by atoms with E-state index in [0.29, 0.717) is 47.8 Å². The number of alkyl halides is 2. The van der Waals surface area contributed by atoms with Crippen LogP contribution >= 0.6 is 23.2 Å². The second-order valence-corrected chi connectivity index (χ2v) is 9.97. The SMILES string of the molecule is O=C(CCCl)Nc1ncnc2c1c(-c1ccc(Oc3ccccc3)cc1)nn2[C@@H]1CCCN(C(=O)CCCl)C1. The fraction of sp³-hybridized carbons (Fsp3) is 0.321. The molecule has 202 valence electrons. The standard InChI is InChI=1S/C28H28Cl2N6O3/c29-14-12-23(37)33-27-25-26(19-8-10-22(11-9-19)39-21-6-2-1-3-7-21)34-36(28(25)32-18-31-27)20-5-4-16-35(17-20)24(38)13-15-30/h1-3,6-11,18,20H,4-5,12-17H2,(H,31,32,33,37)/t20-/m1/s1. The topological polar surface area (TPSA) is 102 Å².